The van der Waals surface area contributed by atoms with Crippen molar-refractivity contribution in [2.75, 3.05) is 12.8 Å². The van der Waals surface area contributed by atoms with Crippen molar-refractivity contribution in [3.63, 3.8) is 0 Å². The Balaban J connectivity index is 2.35. The Labute approximate surface area is 124 Å². The summed E-state index contributed by atoms with van der Waals surface area (Å²) in [6.45, 7) is 0. The van der Waals surface area contributed by atoms with E-state index in [-0.39, 0.29) is 17.0 Å². The van der Waals surface area contributed by atoms with E-state index >= 15 is 0 Å². The number of benzene rings is 2. The van der Waals surface area contributed by atoms with Gasteiger partial charge in [-0.1, -0.05) is 6.07 Å². The number of rotatable bonds is 4. The summed E-state index contributed by atoms with van der Waals surface area (Å²) in [5, 5.41) is 9.02. The molecule has 104 valence electrons. The molecule has 2 aromatic rings. The number of carboxylic acids is 1. The molecule has 2 rings (SSSR count). The van der Waals surface area contributed by atoms with Crippen LogP contribution in [0.4, 0.5) is 5.69 Å². The van der Waals surface area contributed by atoms with E-state index in [0.29, 0.717) is 16.0 Å². The van der Waals surface area contributed by atoms with Crippen molar-refractivity contribution in [3.8, 4) is 17.2 Å². The van der Waals surface area contributed by atoms with Crippen LogP contribution in [0, 0.1) is 0 Å². The van der Waals surface area contributed by atoms with E-state index in [9.17, 15) is 4.79 Å². The number of nitrogens with two attached hydrogens (primary N) is 1. The molecule has 0 unspecified atom stereocenters. The molecule has 0 amide bonds. The lowest BCUT2D eigenvalue weighted by Crippen LogP contribution is -2.03. The van der Waals surface area contributed by atoms with Crippen molar-refractivity contribution >= 4 is 27.6 Å². The molecule has 0 aliphatic heterocycles. The van der Waals surface area contributed by atoms with Crippen molar-refractivity contribution in [1.29, 1.82) is 0 Å². The fourth-order valence-corrected chi connectivity index (χ4v) is 2.07. The van der Waals surface area contributed by atoms with Crippen molar-refractivity contribution in [2.24, 2.45) is 0 Å². The van der Waals surface area contributed by atoms with Crippen LogP contribution >= 0.6 is 15.9 Å². The number of halogens is 1. The summed E-state index contributed by atoms with van der Waals surface area (Å²) in [4.78, 5) is 11.0. The number of para-hydroxylation sites is 1. The minimum atomic E-state index is -1.10. The van der Waals surface area contributed by atoms with Gasteiger partial charge in [0, 0.05) is 0 Å². The summed E-state index contributed by atoms with van der Waals surface area (Å²) in [5.41, 5.74) is 5.88. The first kappa shape index (κ1) is 14.2. The minimum Gasteiger partial charge on any atom is -0.497 e. The van der Waals surface area contributed by atoms with Gasteiger partial charge in [0.1, 0.15) is 11.5 Å². The van der Waals surface area contributed by atoms with E-state index in [1.54, 1.807) is 37.4 Å². The molecule has 0 bridgehead atoms. The molecule has 0 saturated heterocycles. The van der Waals surface area contributed by atoms with Crippen molar-refractivity contribution in [1.82, 2.24) is 0 Å². The van der Waals surface area contributed by atoms with Crippen LogP contribution in [0.2, 0.25) is 0 Å². The van der Waals surface area contributed by atoms with Gasteiger partial charge in [0.15, 0.2) is 5.75 Å². The summed E-state index contributed by atoms with van der Waals surface area (Å²) in [5.74, 6) is 0.383. The summed E-state index contributed by atoms with van der Waals surface area (Å²) in [6, 6.07) is 9.79. The molecule has 2 aromatic carbocycles. The van der Waals surface area contributed by atoms with Crippen LogP contribution < -0.4 is 15.2 Å². The highest BCUT2D eigenvalue weighted by Gasteiger charge is 2.13. The Bertz CT molecular complexity index is 658. The fourth-order valence-electron chi connectivity index (χ4n) is 1.63. The lowest BCUT2D eigenvalue weighted by atomic mass is 10.1. The van der Waals surface area contributed by atoms with E-state index in [1.165, 1.54) is 6.07 Å². The van der Waals surface area contributed by atoms with Crippen LogP contribution in [0.5, 0.6) is 17.2 Å². The third kappa shape index (κ3) is 2.85. The Morgan fingerprint density at radius 3 is 2.60 bits per heavy atom. The second kappa shape index (κ2) is 5.83. The van der Waals surface area contributed by atoms with Gasteiger partial charge in [0.05, 0.1) is 22.8 Å². The van der Waals surface area contributed by atoms with Crippen LogP contribution in [-0.4, -0.2) is 18.2 Å². The standard InChI is InChI=1S/C14H12BrNO4/c1-19-8-5-6-11(10(15)7-8)20-12-4-2-3-9(13(12)16)14(17)18/h2-7H,16H2,1H3,(H,17,18). The number of carboxylic acid groups (broad SMARTS) is 1. The molecule has 5 nitrogen and oxygen atoms in total. The number of nitrogen functional groups attached to an aromatic ring is 1. The molecule has 0 aliphatic rings. The number of anilines is 1. The molecule has 0 aliphatic carbocycles. The highest BCUT2D eigenvalue weighted by molar-refractivity contribution is 9.10. The number of aromatic carboxylic acids is 1. The average molecular weight is 338 g/mol. The smallest absolute Gasteiger partial charge is 0.337 e. The molecule has 0 heterocycles. The number of ether oxygens (including phenoxy) is 2. The zero-order valence-electron chi connectivity index (χ0n) is 10.6. The maximum atomic E-state index is 11.0. The fraction of sp³-hybridized carbons (Fsp3) is 0.0714. The number of hydrogen-bond acceptors (Lipinski definition) is 4. The molecule has 0 aromatic heterocycles. The highest BCUT2D eigenvalue weighted by Crippen LogP contribution is 2.35. The number of hydrogen-bond donors (Lipinski definition) is 2. The van der Waals surface area contributed by atoms with Gasteiger partial charge < -0.3 is 20.3 Å². The first-order chi connectivity index (χ1) is 9.52. The van der Waals surface area contributed by atoms with E-state index in [2.05, 4.69) is 15.9 Å². The Morgan fingerprint density at radius 2 is 2.00 bits per heavy atom. The molecule has 0 saturated carbocycles. The zero-order valence-corrected chi connectivity index (χ0v) is 12.2. The van der Waals surface area contributed by atoms with Crippen LogP contribution in [0.25, 0.3) is 0 Å². The molecule has 0 spiro atoms. The molecule has 3 N–H and O–H groups in total. The second-order valence-electron chi connectivity index (χ2n) is 3.92. The molecular formula is C14H12BrNO4. The third-order valence-corrected chi connectivity index (χ3v) is 3.28. The van der Waals surface area contributed by atoms with E-state index in [0.717, 1.165) is 0 Å². The summed E-state index contributed by atoms with van der Waals surface area (Å²) < 4.78 is 11.4. The maximum Gasteiger partial charge on any atom is 0.337 e. The average Bonchev–Trinajstić information content (AvgIpc) is 2.42. The molecular weight excluding hydrogens is 326 g/mol. The van der Waals surface area contributed by atoms with E-state index < -0.39 is 5.97 Å². The van der Waals surface area contributed by atoms with E-state index in [1.807, 2.05) is 0 Å². The van der Waals surface area contributed by atoms with Crippen LogP contribution in [0.3, 0.4) is 0 Å². The van der Waals surface area contributed by atoms with Crippen molar-refractivity contribution < 1.29 is 19.4 Å². The molecule has 20 heavy (non-hydrogen) atoms. The predicted molar refractivity (Wildman–Crippen MR) is 78.6 cm³/mol. The van der Waals surface area contributed by atoms with Crippen molar-refractivity contribution in [2.45, 2.75) is 0 Å². The Hall–Kier alpha value is -2.21. The summed E-state index contributed by atoms with van der Waals surface area (Å²) in [6.07, 6.45) is 0. The van der Waals surface area contributed by atoms with Gasteiger partial charge >= 0.3 is 5.97 Å². The molecule has 0 fully saturated rings. The van der Waals surface area contributed by atoms with Gasteiger partial charge in [-0.05, 0) is 46.3 Å². The predicted octanol–water partition coefficient (Wildman–Crippen LogP) is 3.53. The first-order valence-electron chi connectivity index (χ1n) is 5.66. The van der Waals surface area contributed by atoms with Gasteiger partial charge in [-0.3, -0.25) is 0 Å². The molecule has 0 atom stereocenters. The van der Waals surface area contributed by atoms with Gasteiger partial charge in [-0.2, -0.15) is 0 Å². The lowest BCUT2D eigenvalue weighted by Gasteiger charge is -2.12. The SMILES string of the molecule is COc1ccc(Oc2cccc(C(=O)O)c2N)c(Br)c1. The lowest BCUT2D eigenvalue weighted by molar-refractivity contribution is 0.0697. The molecule has 6 heteroatoms. The maximum absolute atomic E-state index is 11.0. The quantitative estimate of drug-likeness (QED) is 0.834. The minimum absolute atomic E-state index is 0.00661. The largest absolute Gasteiger partial charge is 0.497 e. The normalized spacial score (nSPS) is 10.1. The number of carbonyl (C=O) groups is 1. The van der Waals surface area contributed by atoms with Crippen molar-refractivity contribution in [3.05, 3.63) is 46.4 Å². The first-order valence-corrected chi connectivity index (χ1v) is 6.45. The zero-order chi connectivity index (χ0) is 14.7. The van der Waals surface area contributed by atoms with Crippen LogP contribution in [0.1, 0.15) is 10.4 Å². The van der Waals surface area contributed by atoms with Gasteiger partial charge in [0.2, 0.25) is 0 Å². The van der Waals surface area contributed by atoms with Crippen LogP contribution in [-0.2, 0) is 0 Å². The molecule has 0 radical (unpaired) electrons. The topological polar surface area (TPSA) is 81.8 Å². The second-order valence-corrected chi connectivity index (χ2v) is 4.78. The monoisotopic (exact) mass is 337 g/mol. The van der Waals surface area contributed by atoms with Gasteiger partial charge in [-0.15, -0.1) is 0 Å². The third-order valence-electron chi connectivity index (χ3n) is 2.66. The van der Waals surface area contributed by atoms with E-state index in [4.69, 9.17) is 20.3 Å². The summed E-state index contributed by atoms with van der Waals surface area (Å²) in [7, 11) is 1.57. The Morgan fingerprint density at radius 1 is 1.25 bits per heavy atom. The van der Waals surface area contributed by atoms with Gasteiger partial charge in [0.25, 0.3) is 0 Å². The number of methoxy groups -OCH3 is 1. The van der Waals surface area contributed by atoms with Gasteiger partial charge in [-0.25, -0.2) is 4.79 Å². The highest BCUT2D eigenvalue weighted by atomic mass is 79.9. The van der Waals surface area contributed by atoms with Crippen LogP contribution in [0.15, 0.2) is 40.9 Å². The Kier molecular flexibility index (Phi) is 4.14. The summed E-state index contributed by atoms with van der Waals surface area (Å²) >= 11 is 3.36.